The Hall–Kier alpha value is -1.35. The number of hydrogen-bond acceptors (Lipinski definition) is 3. The van der Waals surface area contributed by atoms with E-state index in [-0.39, 0.29) is 11.6 Å². The molecule has 126 valence electrons. The average molecular weight is 315 g/mol. The molecule has 0 amide bonds. The van der Waals surface area contributed by atoms with Crippen molar-refractivity contribution in [1.29, 1.82) is 0 Å². The molecule has 1 saturated heterocycles. The highest BCUT2D eigenvalue weighted by atomic mass is 16.6. The molecule has 1 saturated carbocycles. The van der Waals surface area contributed by atoms with Crippen LogP contribution < -0.4 is 5.32 Å². The Kier molecular flexibility index (Phi) is 4.77. The number of piperidine rings is 1. The van der Waals surface area contributed by atoms with Crippen LogP contribution in [0.2, 0.25) is 0 Å². The summed E-state index contributed by atoms with van der Waals surface area (Å²) in [6.45, 7) is 6.23. The first kappa shape index (κ1) is 16.5. The third-order valence-corrected chi connectivity index (χ3v) is 5.85. The zero-order valence-electron chi connectivity index (χ0n) is 14.4. The average Bonchev–Trinajstić information content (AvgIpc) is 3.07. The number of nitrogens with one attached hydrogen (secondary N) is 1. The maximum absolute atomic E-state index is 13.2. The van der Waals surface area contributed by atoms with E-state index < -0.39 is 5.41 Å². The number of benzene rings is 1. The molecule has 0 radical (unpaired) electrons. The fraction of sp³-hybridized carbons (Fsp3) is 0.650. The van der Waals surface area contributed by atoms with Gasteiger partial charge in [0.15, 0.2) is 0 Å². The Balaban J connectivity index is 1.79. The largest absolute Gasteiger partial charge is 0.459 e. The Labute approximate surface area is 139 Å². The molecule has 2 fully saturated rings. The Morgan fingerprint density at radius 2 is 1.74 bits per heavy atom. The van der Waals surface area contributed by atoms with Gasteiger partial charge in [-0.25, -0.2) is 0 Å². The van der Waals surface area contributed by atoms with Gasteiger partial charge in [-0.2, -0.15) is 0 Å². The highest BCUT2D eigenvalue weighted by molar-refractivity contribution is 5.84. The summed E-state index contributed by atoms with van der Waals surface area (Å²) in [6.07, 6.45) is 6.21. The van der Waals surface area contributed by atoms with Crippen LogP contribution in [-0.2, 0) is 14.9 Å². The molecule has 23 heavy (non-hydrogen) atoms. The number of carbonyl (C=O) groups is 1. The molecular formula is C20H29NO2. The summed E-state index contributed by atoms with van der Waals surface area (Å²) in [6, 6.07) is 10.2. The molecule has 3 rings (SSSR count). The Bertz CT molecular complexity index is 526. The smallest absolute Gasteiger partial charge is 0.317 e. The highest BCUT2D eigenvalue weighted by Gasteiger charge is 2.47. The molecule has 1 aromatic carbocycles. The molecule has 0 atom stereocenters. The fourth-order valence-corrected chi connectivity index (χ4v) is 4.28. The predicted molar refractivity (Wildman–Crippen MR) is 92.4 cm³/mol. The summed E-state index contributed by atoms with van der Waals surface area (Å²) < 4.78 is 6.15. The minimum atomic E-state index is -0.425. The summed E-state index contributed by atoms with van der Waals surface area (Å²) in [4.78, 5) is 13.2. The fourth-order valence-electron chi connectivity index (χ4n) is 4.28. The number of rotatable bonds is 4. The Morgan fingerprint density at radius 1 is 1.13 bits per heavy atom. The van der Waals surface area contributed by atoms with Gasteiger partial charge in [-0.1, -0.05) is 43.2 Å². The lowest BCUT2D eigenvalue weighted by atomic mass is 9.78. The first-order chi connectivity index (χ1) is 11.0. The SMILES string of the molecule is CC(C)(OC(=O)C1(c2ccccc2)CCCC1)C1CCNCC1. The number of ether oxygens (including phenoxy) is 1. The van der Waals surface area contributed by atoms with Gasteiger partial charge in [0, 0.05) is 5.92 Å². The molecule has 1 heterocycles. The summed E-state index contributed by atoms with van der Waals surface area (Å²) in [5, 5.41) is 3.39. The molecule has 1 N–H and O–H groups in total. The summed E-state index contributed by atoms with van der Waals surface area (Å²) in [7, 11) is 0. The topological polar surface area (TPSA) is 38.3 Å². The minimum Gasteiger partial charge on any atom is -0.459 e. The van der Waals surface area contributed by atoms with Crippen molar-refractivity contribution >= 4 is 5.97 Å². The Morgan fingerprint density at radius 3 is 2.35 bits per heavy atom. The van der Waals surface area contributed by atoms with Crippen LogP contribution in [0.25, 0.3) is 0 Å². The van der Waals surface area contributed by atoms with Gasteiger partial charge in [0.05, 0.1) is 5.41 Å². The van der Waals surface area contributed by atoms with Crippen molar-refractivity contribution in [2.75, 3.05) is 13.1 Å². The van der Waals surface area contributed by atoms with Crippen molar-refractivity contribution in [3.05, 3.63) is 35.9 Å². The van der Waals surface area contributed by atoms with Crippen LogP contribution in [0.5, 0.6) is 0 Å². The van der Waals surface area contributed by atoms with E-state index in [1.807, 2.05) is 18.2 Å². The van der Waals surface area contributed by atoms with Crippen molar-refractivity contribution < 1.29 is 9.53 Å². The van der Waals surface area contributed by atoms with Gasteiger partial charge in [-0.3, -0.25) is 4.79 Å². The number of carbonyl (C=O) groups excluding carboxylic acids is 1. The zero-order chi connectivity index (χ0) is 16.3. The summed E-state index contributed by atoms with van der Waals surface area (Å²) >= 11 is 0. The van der Waals surface area contributed by atoms with Crippen LogP contribution in [0.15, 0.2) is 30.3 Å². The normalized spacial score (nSPS) is 22.0. The molecular weight excluding hydrogens is 286 g/mol. The first-order valence-corrected chi connectivity index (χ1v) is 9.04. The molecule has 3 nitrogen and oxygen atoms in total. The summed E-state index contributed by atoms with van der Waals surface area (Å²) in [5.41, 5.74) is 0.318. The standard InChI is InChI=1S/C20H29NO2/c1-19(2,16-10-14-21-15-11-16)23-18(22)20(12-6-7-13-20)17-8-4-3-5-9-17/h3-5,8-9,16,21H,6-7,10-15H2,1-2H3. The lowest BCUT2D eigenvalue weighted by Crippen LogP contribution is -2.46. The highest BCUT2D eigenvalue weighted by Crippen LogP contribution is 2.43. The first-order valence-electron chi connectivity index (χ1n) is 9.04. The van der Waals surface area contributed by atoms with Crippen molar-refractivity contribution in [1.82, 2.24) is 5.32 Å². The van der Waals surface area contributed by atoms with E-state index >= 15 is 0 Å². The van der Waals surface area contributed by atoms with Crippen LogP contribution in [0.1, 0.15) is 57.9 Å². The molecule has 3 heteroatoms. The molecule has 0 spiro atoms. The van der Waals surface area contributed by atoms with Crippen LogP contribution >= 0.6 is 0 Å². The molecule has 1 aliphatic carbocycles. The predicted octanol–water partition coefficient (Wildman–Crippen LogP) is 3.82. The van der Waals surface area contributed by atoms with Gasteiger partial charge in [-0.15, -0.1) is 0 Å². The molecule has 0 bridgehead atoms. The second kappa shape index (κ2) is 6.64. The van der Waals surface area contributed by atoms with E-state index in [2.05, 4.69) is 31.3 Å². The van der Waals surface area contributed by atoms with Gasteiger partial charge in [-0.05, 0) is 58.2 Å². The van der Waals surface area contributed by atoms with E-state index in [1.54, 1.807) is 0 Å². The molecule has 0 unspecified atom stereocenters. The maximum Gasteiger partial charge on any atom is 0.317 e. The number of esters is 1. The van der Waals surface area contributed by atoms with Crippen molar-refractivity contribution in [3.8, 4) is 0 Å². The molecule has 0 aromatic heterocycles. The van der Waals surface area contributed by atoms with Crippen LogP contribution in [0.4, 0.5) is 0 Å². The second-order valence-electron chi connectivity index (χ2n) is 7.67. The lowest BCUT2D eigenvalue weighted by Gasteiger charge is -2.39. The van der Waals surface area contributed by atoms with Crippen LogP contribution in [0, 0.1) is 5.92 Å². The van der Waals surface area contributed by atoms with E-state index in [0.29, 0.717) is 5.92 Å². The van der Waals surface area contributed by atoms with Crippen molar-refractivity contribution in [3.63, 3.8) is 0 Å². The van der Waals surface area contributed by atoms with E-state index in [1.165, 1.54) is 0 Å². The van der Waals surface area contributed by atoms with E-state index in [0.717, 1.165) is 57.2 Å². The van der Waals surface area contributed by atoms with Gasteiger partial charge < -0.3 is 10.1 Å². The monoisotopic (exact) mass is 315 g/mol. The van der Waals surface area contributed by atoms with Gasteiger partial charge >= 0.3 is 5.97 Å². The van der Waals surface area contributed by atoms with Crippen LogP contribution in [-0.4, -0.2) is 24.7 Å². The van der Waals surface area contributed by atoms with Crippen molar-refractivity contribution in [2.45, 2.75) is 63.4 Å². The van der Waals surface area contributed by atoms with Gasteiger partial charge in [0.2, 0.25) is 0 Å². The molecule has 1 aromatic rings. The summed E-state index contributed by atoms with van der Waals surface area (Å²) in [5.74, 6) is 0.437. The second-order valence-corrected chi connectivity index (χ2v) is 7.67. The number of hydrogen-bond donors (Lipinski definition) is 1. The lowest BCUT2D eigenvalue weighted by molar-refractivity contribution is -0.170. The molecule has 2 aliphatic rings. The van der Waals surface area contributed by atoms with Gasteiger partial charge in [0.25, 0.3) is 0 Å². The van der Waals surface area contributed by atoms with E-state index in [9.17, 15) is 4.79 Å². The minimum absolute atomic E-state index is 0.00951. The van der Waals surface area contributed by atoms with Crippen LogP contribution in [0.3, 0.4) is 0 Å². The third-order valence-electron chi connectivity index (χ3n) is 5.85. The van der Waals surface area contributed by atoms with E-state index in [4.69, 9.17) is 4.74 Å². The molecule has 1 aliphatic heterocycles. The maximum atomic E-state index is 13.2. The quantitative estimate of drug-likeness (QED) is 0.858. The third kappa shape index (κ3) is 3.30. The van der Waals surface area contributed by atoms with Crippen molar-refractivity contribution in [2.24, 2.45) is 5.92 Å². The zero-order valence-corrected chi connectivity index (χ0v) is 14.4. The van der Waals surface area contributed by atoms with Gasteiger partial charge in [0.1, 0.15) is 5.60 Å².